The van der Waals surface area contributed by atoms with Crippen LogP contribution >= 0.6 is 0 Å². The lowest BCUT2D eigenvalue weighted by molar-refractivity contribution is -0.139. The third kappa shape index (κ3) is 5.52. The van der Waals surface area contributed by atoms with E-state index in [-0.39, 0.29) is 24.4 Å². The SMILES string of the molecule is CC/C=C(\C)C(=O)N(CCC(=O)O)C(C)(C)C. The fraction of sp³-hybridized carbons (Fsp3) is 0.692. The van der Waals surface area contributed by atoms with Crippen molar-refractivity contribution in [2.24, 2.45) is 0 Å². The first-order valence-electron chi connectivity index (χ1n) is 5.90. The van der Waals surface area contributed by atoms with E-state index in [1.807, 2.05) is 33.8 Å². The summed E-state index contributed by atoms with van der Waals surface area (Å²) in [6, 6.07) is 0. The number of carbonyl (C=O) groups is 2. The summed E-state index contributed by atoms with van der Waals surface area (Å²) in [5, 5.41) is 8.70. The van der Waals surface area contributed by atoms with E-state index in [1.54, 1.807) is 11.8 Å². The van der Waals surface area contributed by atoms with Gasteiger partial charge in [-0.3, -0.25) is 9.59 Å². The molecule has 0 aliphatic rings. The summed E-state index contributed by atoms with van der Waals surface area (Å²) in [4.78, 5) is 24.4. The number of nitrogens with zero attached hydrogens (tertiary/aromatic N) is 1. The molecule has 0 saturated heterocycles. The minimum Gasteiger partial charge on any atom is -0.481 e. The molecule has 1 amide bonds. The van der Waals surface area contributed by atoms with Crippen LogP contribution < -0.4 is 0 Å². The summed E-state index contributed by atoms with van der Waals surface area (Å²) in [6.07, 6.45) is 2.64. The van der Waals surface area contributed by atoms with E-state index in [1.165, 1.54) is 0 Å². The zero-order valence-electron chi connectivity index (χ0n) is 11.4. The van der Waals surface area contributed by atoms with Gasteiger partial charge in [-0.1, -0.05) is 13.0 Å². The first-order valence-corrected chi connectivity index (χ1v) is 5.90. The molecule has 4 heteroatoms. The molecular weight excluding hydrogens is 218 g/mol. The molecular formula is C13H23NO3. The Balaban J connectivity index is 4.87. The molecule has 0 aromatic carbocycles. The number of rotatable bonds is 5. The average molecular weight is 241 g/mol. The van der Waals surface area contributed by atoms with Crippen LogP contribution in [0.4, 0.5) is 0 Å². The smallest absolute Gasteiger partial charge is 0.305 e. The number of carboxylic acid groups (broad SMARTS) is 1. The van der Waals surface area contributed by atoms with Crippen LogP contribution in [0.3, 0.4) is 0 Å². The molecule has 0 saturated carbocycles. The molecule has 4 nitrogen and oxygen atoms in total. The summed E-state index contributed by atoms with van der Waals surface area (Å²) in [6.45, 7) is 9.71. The molecule has 0 radical (unpaired) electrons. The van der Waals surface area contributed by atoms with Crippen molar-refractivity contribution in [2.75, 3.05) is 6.54 Å². The Morgan fingerprint density at radius 2 is 1.82 bits per heavy atom. The van der Waals surface area contributed by atoms with Gasteiger partial charge in [-0.2, -0.15) is 0 Å². The minimum absolute atomic E-state index is 0.0254. The van der Waals surface area contributed by atoms with E-state index in [2.05, 4.69) is 0 Å². The van der Waals surface area contributed by atoms with Crippen molar-refractivity contribution >= 4 is 11.9 Å². The Morgan fingerprint density at radius 3 is 2.18 bits per heavy atom. The van der Waals surface area contributed by atoms with Gasteiger partial charge in [-0.25, -0.2) is 0 Å². The Bertz CT molecular complexity index is 313. The lowest BCUT2D eigenvalue weighted by atomic mass is 10.0. The molecule has 0 spiro atoms. The maximum absolute atomic E-state index is 12.2. The molecule has 0 heterocycles. The highest BCUT2D eigenvalue weighted by Crippen LogP contribution is 2.17. The Kier molecular flexibility index (Phi) is 5.93. The largest absolute Gasteiger partial charge is 0.481 e. The van der Waals surface area contributed by atoms with Crippen LogP contribution in [0.2, 0.25) is 0 Å². The fourth-order valence-corrected chi connectivity index (χ4v) is 1.56. The Labute approximate surface area is 103 Å². The highest BCUT2D eigenvalue weighted by Gasteiger charge is 2.27. The predicted octanol–water partition coefficient (Wildman–Crippen LogP) is 2.44. The van der Waals surface area contributed by atoms with Crippen molar-refractivity contribution < 1.29 is 14.7 Å². The van der Waals surface area contributed by atoms with Crippen LogP contribution in [0, 0.1) is 0 Å². The molecule has 0 aliphatic carbocycles. The van der Waals surface area contributed by atoms with Gasteiger partial charge in [0.1, 0.15) is 0 Å². The highest BCUT2D eigenvalue weighted by atomic mass is 16.4. The molecule has 0 bridgehead atoms. The van der Waals surface area contributed by atoms with Crippen LogP contribution in [-0.2, 0) is 9.59 Å². The third-order valence-corrected chi connectivity index (χ3v) is 2.45. The first-order chi connectivity index (χ1) is 7.70. The predicted molar refractivity (Wildman–Crippen MR) is 67.8 cm³/mol. The van der Waals surface area contributed by atoms with Crippen molar-refractivity contribution in [1.82, 2.24) is 4.90 Å². The standard InChI is InChI=1S/C13H23NO3/c1-6-7-10(2)12(17)14(13(3,4)5)9-8-11(15)16/h7H,6,8-9H2,1-5H3,(H,15,16)/b10-7+. The topological polar surface area (TPSA) is 57.6 Å². The van der Waals surface area contributed by atoms with Crippen molar-refractivity contribution in [3.8, 4) is 0 Å². The third-order valence-electron chi connectivity index (χ3n) is 2.45. The number of hydrogen-bond donors (Lipinski definition) is 1. The first kappa shape index (κ1) is 15.7. The van der Waals surface area contributed by atoms with E-state index in [0.717, 1.165) is 6.42 Å². The van der Waals surface area contributed by atoms with E-state index in [9.17, 15) is 9.59 Å². The van der Waals surface area contributed by atoms with Gasteiger partial charge < -0.3 is 10.0 Å². The number of carbonyl (C=O) groups excluding carboxylic acids is 1. The van der Waals surface area contributed by atoms with E-state index < -0.39 is 5.97 Å². The number of amides is 1. The Morgan fingerprint density at radius 1 is 1.29 bits per heavy atom. The van der Waals surface area contributed by atoms with Crippen molar-refractivity contribution in [3.05, 3.63) is 11.6 Å². The van der Waals surface area contributed by atoms with Crippen molar-refractivity contribution in [2.45, 2.75) is 53.0 Å². The Hall–Kier alpha value is -1.32. The van der Waals surface area contributed by atoms with Gasteiger partial charge in [0.15, 0.2) is 0 Å². The molecule has 0 rings (SSSR count). The lowest BCUT2D eigenvalue weighted by Gasteiger charge is -2.35. The second kappa shape index (κ2) is 6.42. The number of allylic oxidation sites excluding steroid dienone is 1. The summed E-state index contributed by atoms with van der Waals surface area (Å²) < 4.78 is 0. The van der Waals surface area contributed by atoms with E-state index in [4.69, 9.17) is 5.11 Å². The highest BCUT2D eigenvalue weighted by molar-refractivity contribution is 5.93. The lowest BCUT2D eigenvalue weighted by Crippen LogP contribution is -2.47. The zero-order chi connectivity index (χ0) is 13.6. The quantitative estimate of drug-likeness (QED) is 0.752. The summed E-state index contributed by atoms with van der Waals surface area (Å²) in [5.74, 6) is -0.968. The van der Waals surface area contributed by atoms with Gasteiger partial charge in [0.2, 0.25) is 5.91 Å². The van der Waals surface area contributed by atoms with Gasteiger partial charge in [0.05, 0.1) is 6.42 Å². The second-order valence-corrected chi connectivity index (χ2v) is 5.07. The van der Waals surface area contributed by atoms with Gasteiger partial charge in [0.25, 0.3) is 0 Å². The summed E-state index contributed by atoms with van der Waals surface area (Å²) in [5.41, 5.74) is 0.308. The van der Waals surface area contributed by atoms with E-state index >= 15 is 0 Å². The van der Waals surface area contributed by atoms with E-state index in [0.29, 0.717) is 5.57 Å². The average Bonchev–Trinajstić information content (AvgIpc) is 2.15. The summed E-state index contributed by atoms with van der Waals surface area (Å²) >= 11 is 0. The molecule has 0 aromatic heterocycles. The maximum atomic E-state index is 12.2. The number of hydrogen-bond acceptors (Lipinski definition) is 2. The summed E-state index contributed by atoms with van der Waals surface area (Å²) in [7, 11) is 0. The fourth-order valence-electron chi connectivity index (χ4n) is 1.56. The molecule has 1 N–H and O–H groups in total. The molecule has 0 aromatic rings. The van der Waals surface area contributed by atoms with Crippen LogP contribution in [0.25, 0.3) is 0 Å². The van der Waals surface area contributed by atoms with Crippen molar-refractivity contribution in [1.29, 1.82) is 0 Å². The van der Waals surface area contributed by atoms with Gasteiger partial charge in [-0.15, -0.1) is 0 Å². The normalized spacial score (nSPS) is 12.4. The van der Waals surface area contributed by atoms with Gasteiger partial charge >= 0.3 is 5.97 Å². The van der Waals surface area contributed by atoms with Gasteiger partial charge in [0, 0.05) is 17.7 Å². The minimum atomic E-state index is -0.885. The van der Waals surface area contributed by atoms with Crippen LogP contribution in [0.1, 0.15) is 47.5 Å². The van der Waals surface area contributed by atoms with Gasteiger partial charge in [-0.05, 0) is 34.1 Å². The molecule has 0 atom stereocenters. The number of aliphatic carboxylic acids is 1. The maximum Gasteiger partial charge on any atom is 0.305 e. The molecule has 98 valence electrons. The van der Waals surface area contributed by atoms with Crippen LogP contribution in [-0.4, -0.2) is 34.0 Å². The number of carboxylic acids is 1. The van der Waals surface area contributed by atoms with Crippen LogP contribution in [0.15, 0.2) is 11.6 Å². The van der Waals surface area contributed by atoms with Crippen LogP contribution in [0.5, 0.6) is 0 Å². The molecule has 0 unspecified atom stereocenters. The molecule has 17 heavy (non-hydrogen) atoms. The second-order valence-electron chi connectivity index (χ2n) is 5.07. The zero-order valence-corrected chi connectivity index (χ0v) is 11.4. The van der Waals surface area contributed by atoms with Crippen molar-refractivity contribution in [3.63, 3.8) is 0 Å². The molecule has 0 fully saturated rings. The molecule has 0 aliphatic heterocycles. The monoisotopic (exact) mass is 241 g/mol.